The number of hydrogen-bond donors (Lipinski definition) is 1. The van der Waals surface area contributed by atoms with Crippen molar-refractivity contribution >= 4 is 23.1 Å². The summed E-state index contributed by atoms with van der Waals surface area (Å²) in [5.74, 6) is 2.62. The molecule has 2 aliphatic rings. The average molecular weight is 652 g/mol. The van der Waals surface area contributed by atoms with Crippen molar-refractivity contribution in [1.29, 1.82) is 0 Å². The molecule has 1 aliphatic carbocycles. The van der Waals surface area contributed by atoms with Crippen LogP contribution in [0.3, 0.4) is 0 Å². The van der Waals surface area contributed by atoms with Crippen molar-refractivity contribution in [2.24, 2.45) is 5.92 Å². The van der Waals surface area contributed by atoms with Gasteiger partial charge in [0.05, 0.1) is 11.4 Å². The fraction of sp³-hybridized carbons (Fsp3) is 0.436. The summed E-state index contributed by atoms with van der Waals surface area (Å²) in [6.45, 7) is 14.2. The molecule has 9 heteroatoms. The number of ether oxygens (including phenoxy) is 1. The number of nitrogens with two attached hydrogens (primary N) is 1. The first-order chi connectivity index (χ1) is 23.5. The highest BCUT2D eigenvalue weighted by molar-refractivity contribution is 5.98. The van der Waals surface area contributed by atoms with E-state index in [0.717, 1.165) is 84.3 Å². The summed E-state index contributed by atoms with van der Waals surface area (Å²) in [4.78, 5) is 24.2. The van der Waals surface area contributed by atoms with Gasteiger partial charge in [0.1, 0.15) is 35.6 Å². The van der Waals surface area contributed by atoms with Gasteiger partial charge in [0, 0.05) is 43.9 Å². The highest BCUT2D eigenvalue weighted by Crippen LogP contribution is 2.34. The number of nitrogens with zero attached hydrogens (tertiary/aromatic N) is 6. The molecule has 2 aromatic carbocycles. The molecule has 1 saturated heterocycles. The number of aromatic nitrogens is 4. The smallest absolute Gasteiger partial charge is 0.164 e. The van der Waals surface area contributed by atoms with Gasteiger partial charge in [0.2, 0.25) is 0 Å². The molecule has 9 nitrogen and oxygen atoms in total. The second-order valence-electron chi connectivity index (χ2n) is 12.2. The summed E-state index contributed by atoms with van der Waals surface area (Å²) in [5, 5.41) is 5.78. The number of carbonyl (C=O) groups is 1. The van der Waals surface area contributed by atoms with Crippen LogP contribution in [0.4, 0.5) is 5.82 Å². The molecular weight excluding hydrogens is 598 g/mol. The van der Waals surface area contributed by atoms with Crippen molar-refractivity contribution in [3.63, 3.8) is 0 Å². The van der Waals surface area contributed by atoms with E-state index in [1.165, 1.54) is 32.5 Å². The maximum absolute atomic E-state index is 10.6. The third-order valence-electron chi connectivity index (χ3n) is 8.66. The van der Waals surface area contributed by atoms with Gasteiger partial charge in [0.15, 0.2) is 5.65 Å². The first-order valence-electron chi connectivity index (χ1n) is 17.6. The first-order valence-corrected chi connectivity index (χ1v) is 17.6. The fourth-order valence-corrected chi connectivity index (χ4v) is 6.08. The minimum atomic E-state index is 0.297. The lowest BCUT2D eigenvalue weighted by molar-refractivity contribution is -0.104. The van der Waals surface area contributed by atoms with Crippen molar-refractivity contribution in [2.75, 3.05) is 45.5 Å². The number of anilines is 1. The van der Waals surface area contributed by atoms with E-state index in [2.05, 4.69) is 46.7 Å². The van der Waals surface area contributed by atoms with E-state index in [1.807, 2.05) is 85.3 Å². The number of benzene rings is 2. The lowest BCUT2D eigenvalue weighted by atomic mass is 9.96. The predicted octanol–water partition coefficient (Wildman–Crippen LogP) is 7.97. The number of hydrogen-bond acceptors (Lipinski definition) is 8. The van der Waals surface area contributed by atoms with Gasteiger partial charge in [-0.05, 0) is 68.6 Å². The number of rotatable bonds is 11. The molecule has 0 bridgehead atoms. The van der Waals surface area contributed by atoms with Crippen LogP contribution in [-0.2, 0) is 4.79 Å². The second-order valence-corrected chi connectivity index (χ2v) is 12.2. The molecular formula is C39H53N7O2. The number of piperazine rings is 1. The highest BCUT2D eigenvalue weighted by atomic mass is 16.5. The summed E-state index contributed by atoms with van der Waals surface area (Å²) in [5.41, 5.74) is 9.66. The van der Waals surface area contributed by atoms with Crippen LogP contribution in [0, 0.1) is 5.92 Å². The number of fused-ring (bicyclic) bond motifs is 1. The van der Waals surface area contributed by atoms with Crippen LogP contribution in [0.25, 0.3) is 22.3 Å². The fourth-order valence-electron chi connectivity index (χ4n) is 6.08. The van der Waals surface area contributed by atoms with Gasteiger partial charge in [-0.15, -0.1) is 0 Å². The molecule has 6 rings (SSSR count). The van der Waals surface area contributed by atoms with E-state index in [0.29, 0.717) is 17.8 Å². The largest absolute Gasteiger partial charge is 0.457 e. The molecule has 2 aromatic heterocycles. The molecule has 0 amide bonds. The summed E-state index contributed by atoms with van der Waals surface area (Å²) in [6.07, 6.45) is 13.9. The molecule has 256 valence electrons. The Kier molecular flexibility index (Phi) is 14.3. The Hall–Kier alpha value is -4.34. The Bertz CT molecular complexity index is 1600. The average Bonchev–Trinajstić information content (AvgIpc) is 3.52. The lowest BCUT2D eigenvalue weighted by Crippen LogP contribution is -2.45. The Labute approximate surface area is 286 Å². The van der Waals surface area contributed by atoms with E-state index < -0.39 is 0 Å². The standard InChI is InChI=1S/C24H27N5O.C13H20N2O.C2H6/c1-3-8-18(9-4-2)29-24-21(23(25)26-16-27-24)22(28-29)17-12-14-20(15-13-17)30-19-10-6-5-7-11-19;1-14-6-8-15(9-7-14)10-12-2-4-13(11-16)5-3-12;1-2/h5-7,10-16,18H,3-4,8-9H2,1-2H3,(H2,25,26,27);2,4-5,11-12H,3,6-10H2,1H3;1-2H3. The minimum Gasteiger partial charge on any atom is -0.457 e. The molecule has 0 radical (unpaired) electrons. The molecule has 0 spiro atoms. The summed E-state index contributed by atoms with van der Waals surface area (Å²) >= 11 is 0. The number of likely N-dealkylation sites (N-methyl/N-ethyl adjacent to an activating group) is 1. The van der Waals surface area contributed by atoms with Crippen LogP contribution in [0.2, 0.25) is 0 Å². The Morgan fingerprint density at radius 1 is 0.938 bits per heavy atom. The second kappa shape index (κ2) is 18.9. The third kappa shape index (κ3) is 9.84. The molecule has 1 atom stereocenters. The first kappa shape index (κ1) is 36.5. The zero-order chi connectivity index (χ0) is 34.3. The van der Waals surface area contributed by atoms with E-state index >= 15 is 0 Å². The predicted molar refractivity (Wildman–Crippen MR) is 197 cm³/mol. The molecule has 0 saturated carbocycles. The van der Waals surface area contributed by atoms with Gasteiger partial charge >= 0.3 is 0 Å². The van der Waals surface area contributed by atoms with E-state index in [1.54, 1.807) is 0 Å². The number of aldehydes is 1. The van der Waals surface area contributed by atoms with Crippen LogP contribution >= 0.6 is 0 Å². The van der Waals surface area contributed by atoms with E-state index in [9.17, 15) is 4.79 Å². The van der Waals surface area contributed by atoms with Gasteiger partial charge in [-0.1, -0.05) is 77.0 Å². The molecule has 1 fully saturated rings. The number of carbonyl (C=O) groups excluding carboxylic acids is 1. The third-order valence-corrected chi connectivity index (χ3v) is 8.66. The number of allylic oxidation sites excluding steroid dienone is 3. The van der Waals surface area contributed by atoms with Crippen molar-refractivity contribution in [1.82, 2.24) is 29.5 Å². The van der Waals surface area contributed by atoms with Crippen molar-refractivity contribution in [2.45, 2.75) is 65.8 Å². The maximum atomic E-state index is 10.6. The van der Waals surface area contributed by atoms with Gasteiger partial charge in [-0.3, -0.25) is 4.79 Å². The molecule has 1 unspecified atom stereocenters. The zero-order valence-electron chi connectivity index (χ0n) is 29.4. The monoisotopic (exact) mass is 651 g/mol. The van der Waals surface area contributed by atoms with Crippen LogP contribution < -0.4 is 10.5 Å². The van der Waals surface area contributed by atoms with Crippen molar-refractivity contribution in [3.05, 3.63) is 84.7 Å². The van der Waals surface area contributed by atoms with Crippen molar-refractivity contribution in [3.8, 4) is 22.8 Å². The van der Waals surface area contributed by atoms with Gasteiger partial charge in [-0.2, -0.15) is 5.10 Å². The van der Waals surface area contributed by atoms with Crippen LogP contribution in [0.15, 0.2) is 84.7 Å². The molecule has 3 heterocycles. The lowest BCUT2D eigenvalue weighted by Gasteiger charge is -2.34. The Morgan fingerprint density at radius 2 is 1.60 bits per heavy atom. The molecule has 4 aromatic rings. The minimum absolute atomic E-state index is 0.297. The quantitative estimate of drug-likeness (QED) is 0.163. The summed E-state index contributed by atoms with van der Waals surface area (Å²) in [6, 6.07) is 17.9. The van der Waals surface area contributed by atoms with Crippen LogP contribution in [0.5, 0.6) is 11.5 Å². The normalized spacial score (nSPS) is 16.5. The van der Waals surface area contributed by atoms with E-state index in [4.69, 9.17) is 15.6 Å². The number of para-hydroxylation sites is 1. The summed E-state index contributed by atoms with van der Waals surface area (Å²) in [7, 11) is 2.18. The van der Waals surface area contributed by atoms with Crippen LogP contribution in [-0.4, -0.2) is 75.6 Å². The Balaban J connectivity index is 0.000000243. The van der Waals surface area contributed by atoms with Crippen LogP contribution in [0.1, 0.15) is 65.8 Å². The number of nitrogen functional groups attached to an aromatic ring is 1. The topological polar surface area (TPSA) is 102 Å². The van der Waals surface area contributed by atoms with Gasteiger partial charge in [0.25, 0.3) is 0 Å². The highest BCUT2D eigenvalue weighted by Gasteiger charge is 2.22. The Morgan fingerprint density at radius 3 is 2.21 bits per heavy atom. The van der Waals surface area contributed by atoms with Gasteiger partial charge in [-0.25, -0.2) is 14.6 Å². The molecule has 2 N–H and O–H groups in total. The maximum Gasteiger partial charge on any atom is 0.164 e. The zero-order valence-corrected chi connectivity index (χ0v) is 29.4. The van der Waals surface area contributed by atoms with Gasteiger partial charge < -0.3 is 20.3 Å². The molecule has 48 heavy (non-hydrogen) atoms. The summed E-state index contributed by atoms with van der Waals surface area (Å²) < 4.78 is 7.96. The SMILES string of the molecule is CC.CCCC(CCC)n1nc(-c2ccc(Oc3ccccc3)cc2)c2c(N)ncnc21.CN1CCN(CC2C=CC(C=O)=CC2)CC1. The van der Waals surface area contributed by atoms with Crippen molar-refractivity contribution < 1.29 is 9.53 Å². The van der Waals surface area contributed by atoms with E-state index in [-0.39, 0.29) is 0 Å². The molecule has 1 aliphatic heterocycles.